The standard InChI is InChI=1S/C17H20N4O/c1-11-4-5-15-12(9-11)3-2-8-21(15)17(22)16-13-10-18-7-6-14(13)19-20-16/h4-5,9,18H,2-3,6-8,10H2,1H3,(H,19,20). The van der Waals surface area contributed by atoms with Crippen LogP contribution in [-0.2, 0) is 19.4 Å². The van der Waals surface area contributed by atoms with Crippen molar-refractivity contribution < 1.29 is 4.79 Å². The van der Waals surface area contributed by atoms with E-state index in [2.05, 4.69) is 40.6 Å². The summed E-state index contributed by atoms with van der Waals surface area (Å²) in [5, 5.41) is 10.7. The van der Waals surface area contributed by atoms with Gasteiger partial charge in [-0.2, -0.15) is 5.10 Å². The van der Waals surface area contributed by atoms with Crippen LogP contribution in [0.15, 0.2) is 18.2 Å². The number of H-pyrrole nitrogens is 1. The van der Waals surface area contributed by atoms with Crippen molar-refractivity contribution in [2.45, 2.75) is 32.7 Å². The second-order valence-corrected chi connectivity index (χ2v) is 6.15. The van der Waals surface area contributed by atoms with Gasteiger partial charge in [-0.3, -0.25) is 9.89 Å². The summed E-state index contributed by atoms with van der Waals surface area (Å²) < 4.78 is 0. The number of anilines is 1. The van der Waals surface area contributed by atoms with Gasteiger partial charge in [0.25, 0.3) is 5.91 Å². The first kappa shape index (κ1) is 13.5. The van der Waals surface area contributed by atoms with Gasteiger partial charge >= 0.3 is 0 Å². The number of carbonyl (C=O) groups excluding carboxylic acids is 1. The molecule has 0 bridgehead atoms. The minimum atomic E-state index is 0.0194. The van der Waals surface area contributed by atoms with Gasteiger partial charge in [-0.25, -0.2) is 0 Å². The average Bonchev–Trinajstić information content (AvgIpc) is 2.97. The number of rotatable bonds is 1. The Morgan fingerprint density at radius 1 is 1.32 bits per heavy atom. The lowest BCUT2D eigenvalue weighted by molar-refractivity contribution is 0.0979. The Labute approximate surface area is 129 Å². The van der Waals surface area contributed by atoms with Crippen molar-refractivity contribution in [1.29, 1.82) is 0 Å². The number of aromatic nitrogens is 2. The first-order valence-corrected chi connectivity index (χ1v) is 7.92. The van der Waals surface area contributed by atoms with E-state index in [1.54, 1.807) is 0 Å². The number of benzene rings is 1. The molecular formula is C17H20N4O. The van der Waals surface area contributed by atoms with E-state index in [-0.39, 0.29) is 5.91 Å². The molecule has 0 saturated carbocycles. The van der Waals surface area contributed by atoms with Gasteiger partial charge in [0.15, 0.2) is 5.69 Å². The van der Waals surface area contributed by atoms with Gasteiger partial charge in [0, 0.05) is 43.0 Å². The van der Waals surface area contributed by atoms with Crippen molar-refractivity contribution in [3.8, 4) is 0 Å². The molecule has 3 heterocycles. The molecular weight excluding hydrogens is 276 g/mol. The molecule has 0 saturated heterocycles. The van der Waals surface area contributed by atoms with Crippen molar-refractivity contribution in [3.63, 3.8) is 0 Å². The highest BCUT2D eigenvalue weighted by Crippen LogP contribution is 2.30. The topological polar surface area (TPSA) is 61.0 Å². The summed E-state index contributed by atoms with van der Waals surface area (Å²) >= 11 is 0. The van der Waals surface area contributed by atoms with Crippen molar-refractivity contribution >= 4 is 11.6 Å². The number of fused-ring (bicyclic) bond motifs is 2. The van der Waals surface area contributed by atoms with Crippen LogP contribution in [0.4, 0.5) is 5.69 Å². The number of nitrogens with one attached hydrogen (secondary N) is 2. The van der Waals surface area contributed by atoms with E-state index in [4.69, 9.17) is 0 Å². The molecule has 2 aliphatic rings. The van der Waals surface area contributed by atoms with Gasteiger partial charge in [0.2, 0.25) is 0 Å². The molecule has 2 aromatic rings. The first-order chi connectivity index (χ1) is 10.7. The van der Waals surface area contributed by atoms with Crippen LogP contribution < -0.4 is 10.2 Å². The molecule has 5 nitrogen and oxygen atoms in total. The Morgan fingerprint density at radius 2 is 2.23 bits per heavy atom. The smallest absolute Gasteiger partial charge is 0.279 e. The maximum atomic E-state index is 13.0. The maximum Gasteiger partial charge on any atom is 0.279 e. The van der Waals surface area contributed by atoms with Gasteiger partial charge in [0.05, 0.1) is 0 Å². The van der Waals surface area contributed by atoms with Crippen LogP contribution in [0.2, 0.25) is 0 Å². The number of aryl methyl sites for hydroxylation is 2. The Hall–Kier alpha value is -2.14. The zero-order valence-corrected chi connectivity index (χ0v) is 12.8. The number of amides is 1. The van der Waals surface area contributed by atoms with E-state index in [0.29, 0.717) is 5.69 Å². The molecule has 5 heteroatoms. The molecule has 0 radical (unpaired) electrons. The highest BCUT2D eigenvalue weighted by molar-refractivity contribution is 6.06. The monoisotopic (exact) mass is 296 g/mol. The lowest BCUT2D eigenvalue weighted by atomic mass is 9.98. The van der Waals surface area contributed by atoms with Gasteiger partial charge in [-0.05, 0) is 31.4 Å². The third-order valence-electron chi connectivity index (χ3n) is 4.61. The summed E-state index contributed by atoms with van der Waals surface area (Å²) in [5.41, 5.74) is 6.27. The Morgan fingerprint density at radius 3 is 3.14 bits per heavy atom. The average molecular weight is 296 g/mol. The fourth-order valence-corrected chi connectivity index (χ4v) is 3.47. The minimum absolute atomic E-state index is 0.0194. The van der Waals surface area contributed by atoms with Crippen LogP contribution in [0.3, 0.4) is 0 Å². The normalized spacial score (nSPS) is 17.0. The summed E-state index contributed by atoms with van der Waals surface area (Å²) in [6.07, 6.45) is 2.96. The quantitative estimate of drug-likeness (QED) is 0.845. The predicted octanol–water partition coefficient (Wildman–Crippen LogP) is 1.96. The molecule has 2 N–H and O–H groups in total. The maximum absolute atomic E-state index is 13.0. The number of hydrogen-bond donors (Lipinski definition) is 2. The van der Waals surface area contributed by atoms with Crippen LogP contribution >= 0.6 is 0 Å². The molecule has 2 aliphatic heterocycles. The van der Waals surface area contributed by atoms with Gasteiger partial charge < -0.3 is 10.2 Å². The van der Waals surface area contributed by atoms with E-state index in [9.17, 15) is 4.79 Å². The molecule has 0 fully saturated rings. The van der Waals surface area contributed by atoms with E-state index >= 15 is 0 Å². The van der Waals surface area contributed by atoms with Crippen LogP contribution in [0, 0.1) is 6.92 Å². The minimum Gasteiger partial charge on any atom is -0.312 e. The Bertz CT molecular complexity index is 734. The van der Waals surface area contributed by atoms with Crippen molar-refractivity contribution in [3.05, 3.63) is 46.3 Å². The molecule has 1 amide bonds. The number of carbonyl (C=O) groups is 1. The zero-order valence-electron chi connectivity index (χ0n) is 12.8. The van der Waals surface area contributed by atoms with Gasteiger partial charge in [-0.1, -0.05) is 17.7 Å². The van der Waals surface area contributed by atoms with Gasteiger partial charge in [-0.15, -0.1) is 0 Å². The van der Waals surface area contributed by atoms with Crippen molar-refractivity contribution in [2.75, 3.05) is 18.0 Å². The van der Waals surface area contributed by atoms with E-state index in [0.717, 1.165) is 55.8 Å². The predicted molar refractivity (Wildman–Crippen MR) is 85.2 cm³/mol. The summed E-state index contributed by atoms with van der Waals surface area (Å²) in [4.78, 5) is 14.9. The number of aromatic amines is 1. The van der Waals surface area contributed by atoms with Crippen molar-refractivity contribution in [2.24, 2.45) is 0 Å². The van der Waals surface area contributed by atoms with Crippen LogP contribution in [-0.4, -0.2) is 29.2 Å². The summed E-state index contributed by atoms with van der Waals surface area (Å²) in [7, 11) is 0. The summed E-state index contributed by atoms with van der Waals surface area (Å²) in [6, 6.07) is 6.33. The first-order valence-electron chi connectivity index (χ1n) is 7.92. The third kappa shape index (κ3) is 2.13. The number of nitrogens with zero attached hydrogens (tertiary/aromatic N) is 2. The SMILES string of the molecule is Cc1ccc2c(c1)CCCN2C(=O)c1n[nH]c2c1CNCC2. The molecule has 0 spiro atoms. The van der Waals surface area contributed by atoms with Crippen molar-refractivity contribution in [1.82, 2.24) is 15.5 Å². The second-order valence-electron chi connectivity index (χ2n) is 6.15. The van der Waals surface area contributed by atoms with Crippen LogP contribution in [0.5, 0.6) is 0 Å². The molecule has 4 rings (SSSR count). The Kier molecular flexibility index (Phi) is 3.22. The zero-order chi connectivity index (χ0) is 15.1. The molecule has 0 atom stereocenters. The van der Waals surface area contributed by atoms with E-state index in [1.807, 2.05) is 4.90 Å². The summed E-state index contributed by atoms with van der Waals surface area (Å²) in [6.45, 7) is 4.52. The van der Waals surface area contributed by atoms with Crippen LogP contribution in [0.1, 0.15) is 39.3 Å². The highest BCUT2D eigenvalue weighted by atomic mass is 16.2. The fraction of sp³-hybridized carbons (Fsp3) is 0.412. The lowest BCUT2D eigenvalue weighted by Crippen LogP contribution is -2.37. The molecule has 1 aromatic heterocycles. The highest BCUT2D eigenvalue weighted by Gasteiger charge is 2.29. The fourth-order valence-electron chi connectivity index (χ4n) is 3.47. The third-order valence-corrected chi connectivity index (χ3v) is 4.61. The molecule has 1 aromatic carbocycles. The summed E-state index contributed by atoms with van der Waals surface area (Å²) in [5.74, 6) is 0.0194. The molecule has 0 aliphatic carbocycles. The molecule has 22 heavy (non-hydrogen) atoms. The number of hydrogen-bond acceptors (Lipinski definition) is 3. The largest absolute Gasteiger partial charge is 0.312 e. The lowest BCUT2D eigenvalue weighted by Gasteiger charge is -2.29. The van der Waals surface area contributed by atoms with Crippen LogP contribution in [0.25, 0.3) is 0 Å². The van der Waals surface area contributed by atoms with Gasteiger partial charge in [0.1, 0.15) is 0 Å². The molecule has 114 valence electrons. The van der Waals surface area contributed by atoms with E-state index < -0.39 is 0 Å². The molecule has 0 unspecified atom stereocenters. The Balaban J connectivity index is 1.71. The second kappa shape index (κ2) is 5.25. The van der Waals surface area contributed by atoms with E-state index in [1.165, 1.54) is 11.1 Å².